The minimum Gasteiger partial charge on any atom is -0.479 e. The zero-order chi connectivity index (χ0) is 29.1. The fraction of sp³-hybridized carbons (Fsp3) is 0.310. The van der Waals surface area contributed by atoms with Gasteiger partial charge >= 0.3 is 0 Å². The molecule has 12 nitrogen and oxygen atoms in total. The Morgan fingerprint density at radius 3 is 2.76 bits per heavy atom. The quantitative estimate of drug-likeness (QED) is 0.291. The lowest BCUT2D eigenvalue weighted by atomic mass is 9.93. The van der Waals surface area contributed by atoms with E-state index in [1.165, 1.54) is 19.4 Å². The van der Waals surface area contributed by atoms with Crippen LogP contribution in [0.2, 0.25) is 5.02 Å². The van der Waals surface area contributed by atoms with Gasteiger partial charge in [-0.2, -0.15) is 4.98 Å². The van der Waals surface area contributed by atoms with Crippen molar-refractivity contribution < 1.29 is 18.8 Å². The molecule has 1 fully saturated rings. The number of amides is 2. The molecule has 6 bridgehead atoms. The fourth-order valence-corrected chi connectivity index (χ4v) is 5.31. The monoisotopic (exact) mass is 588 g/mol. The van der Waals surface area contributed by atoms with Crippen LogP contribution in [-0.4, -0.2) is 57.0 Å². The van der Waals surface area contributed by atoms with Gasteiger partial charge in [0.1, 0.15) is 5.02 Å². The largest absolute Gasteiger partial charge is 0.479 e. The number of methoxy groups -OCH3 is 1. The number of halogens is 1. The second-order valence-corrected chi connectivity index (χ2v) is 10.7. The third-order valence-corrected chi connectivity index (χ3v) is 7.68. The van der Waals surface area contributed by atoms with Gasteiger partial charge in [0.05, 0.1) is 31.3 Å². The van der Waals surface area contributed by atoms with Crippen molar-refractivity contribution in [2.45, 2.75) is 32.1 Å². The number of nitrogens with one attached hydrogen (secondary N) is 3. The van der Waals surface area contributed by atoms with Crippen molar-refractivity contribution >= 4 is 52.2 Å². The van der Waals surface area contributed by atoms with Crippen LogP contribution in [0.1, 0.15) is 40.9 Å². The van der Waals surface area contributed by atoms with Crippen LogP contribution >= 0.6 is 11.6 Å². The summed E-state index contributed by atoms with van der Waals surface area (Å²) in [5.41, 5.74) is 4.33. The molecule has 0 spiro atoms. The summed E-state index contributed by atoms with van der Waals surface area (Å²) in [5, 5.41) is 13.7. The van der Waals surface area contributed by atoms with Gasteiger partial charge in [-0.05, 0) is 72.2 Å². The van der Waals surface area contributed by atoms with E-state index in [0.29, 0.717) is 42.7 Å². The molecule has 4 aromatic rings. The van der Waals surface area contributed by atoms with E-state index in [1.807, 2.05) is 30.5 Å². The van der Waals surface area contributed by atoms with Gasteiger partial charge in [-0.15, -0.1) is 0 Å². The molecule has 6 rings (SSSR count). The zero-order valence-corrected chi connectivity index (χ0v) is 23.6. The van der Waals surface area contributed by atoms with Gasteiger partial charge in [0.2, 0.25) is 17.6 Å². The third-order valence-electron chi connectivity index (χ3n) is 7.40. The Morgan fingerprint density at radius 1 is 1.10 bits per heavy atom. The standard InChI is InChI=1S/C29H29ClN8O4/c1-41-26-13-24(42-37-26)28(40)38-8-6-17(7-9-38)11-25(39)35-23-5-4-20-12-19(23)3-2-18-10-21(15-31-14-18)34-29-32-16-22(30)27(33-20)36-29/h4-5,10,12-17H,2-3,6-9,11H2,1H3,(H,35,39)(H2,32,33,34,36). The van der Waals surface area contributed by atoms with Crippen molar-refractivity contribution in [3.05, 3.63) is 70.8 Å². The predicted octanol–water partition coefficient (Wildman–Crippen LogP) is 4.99. The molecule has 216 valence electrons. The number of rotatable bonds is 5. The molecule has 0 aliphatic carbocycles. The molecule has 5 heterocycles. The lowest BCUT2D eigenvalue weighted by molar-refractivity contribution is -0.117. The SMILES string of the molecule is COc1cc(C(=O)N2CCC(CC(=O)Nc3ccc4cc3CCc3cncc(c3)Nc3ncc(Cl)c(n3)N4)CC2)on1. The summed E-state index contributed by atoms with van der Waals surface area (Å²) >= 11 is 6.37. The van der Waals surface area contributed by atoms with Gasteiger partial charge in [0.15, 0.2) is 5.82 Å². The fourth-order valence-electron chi connectivity index (χ4n) is 5.17. The number of nitrogens with zero attached hydrogens (tertiary/aromatic N) is 5. The number of anilines is 5. The number of ether oxygens (including phenoxy) is 1. The number of fused-ring (bicyclic) bond motifs is 6. The van der Waals surface area contributed by atoms with Gasteiger partial charge < -0.3 is 30.1 Å². The van der Waals surface area contributed by atoms with E-state index < -0.39 is 0 Å². The zero-order valence-electron chi connectivity index (χ0n) is 22.9. The highest BCUT2D eigenvalue weighted by atomic mass is 35.5. The Hall–Kier alpha value is -4.71. The molecule has 1 aromatic carbocycles. The molecule has 0 unspecified atom stereocenters. The number of hydrogen-bond acceptors (Lipinski definition) is 10. The third kappa shape index (κ3) is 6.28. The Labute approximate surface area is 246 Å². The van der Waals surface area contributed by atoms with E-state index >= 15 is 0 Å². The summed E-state index contributed by atoms with van der Waals surface area (Å²) in [6.45, 7) is 1.08. The summed E-state index contributed by atoms with van der Waals surface area (Å²) in [5.74, 6) is 1.16. The molecule has 0 radical (unpaired) electrons. The minimum atomic E-state index is -0.224. The molecule has 13 heteroatoms. The summed E-state index contributed by atoms with van der Waals surface area (Å²) < 4.78 is 10.1. The highest BCUT2D eigenvalue weighted by molar-refractivity contribution is 6.32. The van der Waals surface area contributed by atoms with Crippen LogP contribution in [0, 0.1) is 5.92 Å². The Morgan fingerprint density at radius 2 is 1.95 bits per heavy atom. The van der Waals surface area contributed by atoms with Gasteiger partial charge in [-0.3, -0.25) is 14.6 Å². The van der Waals surface area contributed by atoms with Crippen LogP contribution in [0.4, 0.5) is 28.8 Å². The number of likely N-dealkylation sites (tertiary alicyclic amines) is 1. The number of piperidine rings is 1. The van der Waals surface area contributed by atoms with Crippen LogP contribution in [0.3, 0.4) is 0 Å². The first-order valence-electron chi connectivity index (χ1n) is 13.7. The molecular weight excluding hydrogens is 560 g/mol. The van der Waals surface area contributed by atoms with Gasteiger partial charge in [0.25, 0.3) is 11.8 Å². The van der Waals surface area contributed by atoms with Crippen LogP contribution in [-0.2, 0) is 17.6 Å². The molecule has 0 saturated carbocycles. The van der Waals surface area contributed by atoms with Crippen molar-refractivity contribution in [1.29, 1.82) is 0 Å². The topological polar surface area (TPSA) is 147 Å². The van der Waals surface area contributed by atoms with E-state index in [1.54, 1.807) is 11.1 Å². The first-order valence-corrected chi connectivity index (χ1v) is 14.0. The maximum atomic E-state index is 13.2. The second-order valence-electron chi connectivity index (χ2n) is 10.3. The highest BCUT2D eigenvalue weighted by Crippen LogP contribution is 2.30. The minimum absolute atomic E-state index is 0.0593. The van der Waals surface area contributed by atoms with Crippen molar-refractivity contribution in [1.82, 2.24) is 25.0 Å². The second kappa shape index (κ2) is 12.0. The summed E-state index contributed by atoms with van der Waals surface area (Å²) in [7, 11) is 1.47. The summed E-state index contributed by atoms with van der Waals surface area (Å²) in [4.78, 5) is 40.7. The van der Waals surface area contributed by atoms with E-state index in [9.17, 15) is 9.59 Å². The van der Waals surface area contributed by atoms with E-state index in [2.05, 4.69) is 36.1 Å². The number of hydrogen-bond donors (Lipinski definition) is 3. The van der Waals surface area contributed by atoms with Crippen molar-refractivity contribution in [2.24, 2.45) is 5.92 Å². The normalized spacial score (nSPS) is 14.9. The molecule has 3 aromatic heterocycles. The molecule has 2 aliphatic heterocycles. The van der Waals surface area contributed by atoms with Gasteiger partial charge in [0, 0.05) is 37.1 Å². The van der Waals surface area contributed by atoms with E-state index in [4.69, 9.17) is 20.9 Å². The molecule has 42 heavy (non-hydrogen) atoms. The number of benzene rings is 1. The summed E-state index contributed by atoms with van der Waals surface area (Å²) in [6, 6.07) is 9.27. The van der Waals surface area contributed by atoms with Gasteiger partial charge in [-0.25, -0.2) is 4.98 Å². The van der Waals surface area contributed by atoms with Crippen molar-refractivity contribution in [2.75, 3.05) is 36.1 Å². The number of carbonyl (C=O) groups excluding carboxylic acids is 2. The lowest BCUT2D eigenvalue weighted by Crippen LogP contribution is -2.39. The number of aryl methyl sites for hydroxylation is 2. The van der Waals surface area contributed by atoms with E-state index in [-0.39, 0.29) is 29.4 Å². The molecular formula is C29H29ClN8O4. The Kier molecular flexibility index (Phi) is 7.87. The number of aromatic nitrogens is 4. The van der Waals surface area contributed by atoms with Crippen molar-refractivity contribution in [3.8, 4) is 5.88 Å². The van der Waals surface area contributed by atoms with Crippen LogP contribution in [0.15, 0.2) is 53.4 Å². The van der Waals surface area contributed by atoms with E-state index in [0.717, 1.165) is 47.5 Å². The molecule has 1 saturated heterocycles. The number of pyridine rings is 1. The maximum absolute atomic E-state index is 13.2. The van der Waals surface area contributed by atoms with Crippen LogP contribution in [0.25, 0.3) is 0 Å². The Bertz CT molecular complexity index is 1620. The first kappa shape index (κ1) is 27.5. The molecule has 3 N–H and O–H groups in total. The molecule has 2 aliphatic rings. The highest BCUT2D eigenvalue weighted by Gasteiger charge is 2.27. The lowest BCUT2D eigenvalue weighted by Gasteiger charge is -2.31. The summed E-state index contributed by atoms with van der Waals surface area (Å²) in [6.07, 6.45) is 8.29. The van der Waals surface area contributed by atoms with Gasteiger partial charge in [-0.1, -0.05) is 11.6 Å². The van der Waals surface area contributed by atoms with Crippen molar-refractivity contribution in [3.63, 3.8) is 0 Å². The molecule has 0 atom stereocenters. The van der Waals surface area contributed by atoms with Crippen LogP contribution in [0.5, 0.6) is 5.88 Å². The predicted molar refractivity (Wildman–Crippen MR) is 157 cm³/mol. The Balaban J connectivity index is 1.13. The average molecular weight is 589 g/mol. The first-order chi connectivity index (χ1) is 20.4. The maximum Gasteiger partial charge on any atom is 0.292 e. The average Bonchev–Trinajstić information content (AvgIpc) is 3.48. The number of carbonyl (C=O) groups is 2. The molecule has 2 amide bonds. The smallest absolute Gasteiger partial charge is 0.292 e. The van der Waals surface area contributed by atoms with Crippen LogP contribution < -0.4 is 20.7 Å².